The SMILES string of the molecule is C[C@]1(CO)C[C@H](O)[C@]2(C(=O)O)CC[C@]3(C)C(=CC[C@@H]4[C@]5(C)[C@H](CC[C@]43C)[C@](C)(CO)[C@H](O[C@@H]3OC[C@@H](O)[C@H](O)[C@H]3O)[C@H](O)[C@@H]5C[C@H]3[C@H]([C@H](CC[C@@H](N)O)c4cnc[nH]4)NC(=O)[C@@H]3CO)[C@@H]2C1. The molecule has 0 bridgehead atoms. The number of rotatable bonds is 13. The molecule has 7 aliphatic rings. The van der Waals surface area contributed by atoms with Crippen LogP contribution in [0, 0.1) is 68.0 Å². The number of nitrogens with two attached hydrogens (primary N) is 1. The Morgan fingerprint density at radius 3 is 2.32 bits per heavy atom. The summed E-state index contributed by atoms with van der Waals surface area (Å²) in [4.78, 5) is 34.9. The number of aromatic nitrogens is 2. The molecular weight excluding hydrogens is 857 g/mol. The third-order valence-corrected chi connectivity index (χ3v) is 20.0. The number of carbonyl (C=O) groups is 2. The zero-order chi connectivity index (χ0) is 48.1. The molecule has 66 heavy (non-hydrogen) atoms. The van der Waals surface area contributed by atoms with Gasteiger partial charge in [0, 0.05) is 35.9 Å². The first-order valence-corrected chi connectivity index (χ1v) is 24.2. The fourth-order valence-corrected chi connectivity index (χ4v) is 16.1. The molecule has 372 valence electrons. The van der Waals surface area contributed by atoms with Crippen molar-refractivity contribution in [3.05, 3.63) is 29.9 Å². The van der Waals surface area contributed by atoms with Gasteiger partial charge in [0.15, 0.2) is 6.29 Å². The Morgan fingerprint density at radius 1 is 0.970 bits per heavy atom. The number of nitrogens with one attached hydrogen (secondary N) is 2. The van der Waals surface area contributed by atoms with Crippen molar-refractivity contribution in [2.24, 2.45) is 73.7 Å². The van der Waals surface area contributed by atoms with Gasteiger partial charge in [-0.05, 0) is 115 Å². The van der Waals surface area contributed by atoms with Crippen LogP contribution in [0.25, 0.3) is 0 Å². The summed E-state index contributed by atoms with van der Waals surface area (Å²) in [6.45, 7) is 8.93. The van der Waals surface area contributed by atoms with E-state index in [-0.39, 0.29) is 56.6 Å². The minimum atomic E-state index is -1.68. The Morgan fingerprint density at radius 2 is 1.70 bits per heavy atom. The first-order chi connectivity index (χ1) is 31.0. The Hall–Kier alpha value is -2.59. The first kappa shape index (κ1) is 49.8. The van der Waals surface area contributed by atoms with E-state index < -0.39 is 136 Å². The minimum absolute atomic E-state index is 0.170. The molecule has 8 rings (SSSR count). The first-order valence-electron chi connectivity index (χ1n) is 24.2. The predicted molar refractivity (Wildman–Crippen MR) is 235 cm³/mol. The van der Waals surface area contributed by atoms with E-state index in [9.17, 15) is 60.7 Å². The second-order valence-electron chi connectivity index (χ2n) is 23.0. The highest BCUT2D eigenvalue weighted by molar-refractivity contribution is 5.82. The molecule has 3 heterocycles. The van der Waals surface area contributed by atoms with E-state index in [0.29, 0.717) is 44.2 Å². The number of carboxylic acids is 1. The smallest absolute Gasteiger partial charge is 0.312 e. The second-order valence-corrected chi connectivity index (χ2v) is 23.0. The molecule has 0 aromatic carbocycles. The molecule has 14 N–H and O–H groups in total. The summed E-state index contributed by atoms with van der Waals surface area (Å²) in [5, 5.41) is 115. The van der Waals surface area contributed by atoms with Gasteiger partial charge in [-0.3, -0.25) is 9.59 Å². The molecule has 6 fully saturated rings. The van der Waals surface area contributed by atoms with Gasteiger partial charge in [-0.15, -0.1) is 0 Å². The van der Waals surface area contributed by atoms with Gasteiger partial charge in [0.1, 0.15) is 30.0 Å². The Balaban J connectivity index is 1.27. The van der Waals surface area contributed by atoms with Crippen molar-refractivity contribution in [2.75, 3.05) is 26.4 Å². The second kappa shape index (κ2) is 17.7. The minimum Gasteiger partial charge on any atom is -0.481 e. The summed E-state index contributed by atoms with van der Waals surface area (Å²) >= 11 is 0. The van der Waals surface area contributed by atoms with Gasteiger partial charge in [-0.1, -0.05) is 46.3 Å². The number of aliphatic hydroxyl groups excluding tert-OH is 9. The van der Waals surface area contributed by atoms with Gasteiger partial charge in [0.2, 0.25) is 5.91 Å². The Kier molecular flexibility index (Phi) is 13.3. The molecule has 22 atom stereocenters. The van der Waals surface area contributed by atoms with Crippen LogP contribution < -0.4 is 11.1 Å². The fourth-order valence-electron chi connectivity index (χ4n) is 16.1. The number of fused-ring (bicyclic) bond motifs is 7. The quantitative estimate of drug-likeness (QED) is 0.0727. The number of carbonyl (C=O) groups excluding carboxylic acids is 1. The number of aromatic amines is 1. The van der Waals surface area contributed by atoms with E-state index in [1.54, 1.807) is 6.20 Å². The summed E-state index contributed by atoms with van der Waals surface area (Å²) in [7, 11) is 0. The van der Waals surface area contributed by atoms with Crippen molar-refractivity contribution in [3.63, 3.8) is 0 Å². The molecule has 18 nitrogen and oxygen atoms in total. The number of H-pyrrole nitrogens is 1. The van der Waals surface area contributed by atoms with Crippen LogP contribution in [-0.2, 0) is 19.1 Å². The van der Waals surface area contributed by atoms with Crippen molar-refractivity contribution in [3.8, 4) is 0 Å². The van der Waals surface area contributed by atoms with Crippen LogP contribution >= 0.6 is 0 Å². The number of aliphatic carboxylic acids is 1. The Bertz CT molecular complexity index is 1970. The van der Waals surface area contributed by atoms with Crippen LogP contribution in [0.5, 0.6) is 0 Å². The van der Waals surface area contributed by atoms with Crippen molar-refractivity contribution in [1.29, 1.82) is 0 Å². The normalized spacial score (nSPS) is 49.9. The standard InChI is InChI=1S/C48H76N4O14/c1-43(20-54)15-28-26-7-8-32-46(4,45(26,3)12-13-48(28,42(63)64)33(57)16-43)11-10-31-44(2,21-55)39(66-41-38(61)37(60)30(56)19-65-41)36(59)27(47(31,32)5)14-24-25(18-53)40(62)52-35(24)23(6-9-34(49)58)29-17-50-22-51-29/h7,17,22-25,27-28,30-39,41,53-61H,6,8-16,18-21,49H2,1-5H3,(H,50,51)(H,52,62)(H,63,64)/t23-,24-,25-,27+,28+,30-,31-,32+,33+,34+,35+,36-,37+,38-,39-,41+,43-,44+,45-,46-,47+,48+/m1/s1. The number of carboxylic acid groups (broad SMARTS) is 1. The van der Waals surface area contributed by atoms with Gasteiger partial charge in [0.25, 0.3) is 0 Å². The molecular formula is C48H76N4O14. The van der Waals surface area contributed by atoms with Crippen molar-refractivity contribution in [1.82, 2.24) is 15.3 Å². The highest BCUT2D eigenvalue weighted by atomic mass is 16.7. The number of imidazole rings is 1. The maximum absolute atomic E-state index is 14.0. The average molecular weight is 933 g/mol. The largest absolute Gasteiger partial charge is 0.481 e. The van der Waals surface area contributed by atoms with Crippen LogP contribution in [-0.4, -0.2) is 155 Å². The third kappa shape index (κ3) is 7.28. The summed E-state index contributed by atoms with van der Waals surface area (Å²) in [6, 6.07) is -0.611. The van der Waals surface area contributed by atoms with Gasteiger partial charge < -0.3 is 76.6 Å². The Labute approximate surface area is 386 Å². The van der Waals surface area contributed by atoms with Gasteiger partial charge in [-0.2, -0.15) is 0 Å². The van der Waals surface area contributed by atoms with Crippen molar-refractivity contribution >= 4 is 11.9 Å². The zero-order valence-corrected chi connectivity index (χ0v) is 39.0. The summed E-state index contributed by atoms with van der Waals surface area (Å²) < 4.78 is 12.4. The van der Waals surface area contributed by atoms with Crippen LogP contribution in [0.1, 0.15) is 110 Å². The van der Waals surface area contributed by atoms with E-state index >= 15 is 0 Å². The molecule has 1 aromatic rings. The molecule has 0 spiro atoms. The van der Waals surface area contributed by atoms with E-state index in [1.165, 1.54) is 6.33 Å². The number of hydrogen-bond acceptors (Lipinski definition) is 15. The zero-order valence-electron chi connectivity index (χ0n) is 39.0. The summed E-state index contributed by atoms with van der Waals surface area (Å²) in [5.41, 5.74) is 2.25. The van der Waals surface area contributed by atoms with Gasteiger partial charge >= 0.3 is 5.97 Å². The number of amides is 1. The molecule has 18 heteroatoms. The molecule has 0 radical (unpaired) electrons. The van der Waals surface area contributed by atoms with Crippen LogP contribution in [0.15, 0.2) is 24.2 Å². The fraction of sp³-hybridized carbons (Fsp3) is 0.854. The third-order valence-electron chi connectivity index (χ3n) is 20.0. The molecule has 1 aromatic heterocycles. The van der Waals surface area contributed by atoms with E-state index in [1.807, 2.05) is 13.8 Å². The molecule has 1 amide bonds. The molecule has 0 unspecified atom stereocenters. The predicted octanol–water partition coefficient (Wildman–Crippen LogP) is 0.487. The highest BCUT2D eigenvalue weighted by Crippen LogP contribution is 2.77. The lowest BCUT2D eigenvalue weighted by atomic mass is 9.31. The number of allylic oxidation sites excluding steroid dienone is 2. The van der Waals surface area contributed by atoms with E-state index in [4.69, 9.17) is 15.2 Å². The van der Waals surface area contributed by atoms with Crippen LogP contribution in [0.2, 0.25) is 0 Å². The molecule has 2 aliphatic heterocycles. The molecule has 2 saturated heterocycles. The van der Waals surface area contributed by atoms with Crippen LogP contribution in [0.3, 0.4) is 0 Å². The maximum Gasteiger partial charge on any atom is 0.312 e. The van der Waals surface area contributed by atoms with Crippen LogP contribution in [0.4, 0.5) is 0 Å². The maximum atomic E-state index is 14.0. The van der Waals surface area contributed by atoms with Gasteiger partial charge in [-0.25, -0.2) is 4.98 Å². The van der Waals surface area contributed by atoms with E-state index in [2.05, 4.69) is 42.1 Å². The lowest BCUT2D eigenvalue weighted by Gasteiger charge is -2.73. The lowest BCUT2D eigenvalue weighted by molar-refractivity contribution is -0.340. The number of hydrogen-bond donors (Lipinski definition) is 13. The van der Waals surface area contributed by atoms with Crippen molar-refractivity contribution < 1.29 is 70.1 Å². The van der Waals surface area contributed by atoms with E-state index in [0.717, 1.165) is 5.57 Å². The number of aliphatic hydroxyl groups is 9. The molecule has 5 aliphatic carbocycles. The molecule has 4 saturated carbocycles. The summed E-state index contributed by atoms with van der Waals surface area (Å²) in [6.07, 6.45) is -2.03. The summed E-state index contributed by atoms with van der Waals surface area (Å²) in [5.74, 6) is -5.16. The monoisotopic (exact) mass is 933 g/mol. The topological polar surface area (TPSA) is 322 Å². The number of ether oxygens (including phenoxy) is 2. The average Bonchev–Trinajstić information content (AvgIpc) is 3.91. The number of nitrogens with zero attached hydrogens (tertiary/aromatic N) is 1. The van der Waals surface area contributed by atoms with Crippen molar-refractivity contribution in [2.45, 2.75) is 160 Å². The van der Waals surface area contributed by atoms with Gasteiger partial charge in [0.05, 0.1) is 50.4 Å². The lowest BCUT2D eigenvalue weighted by Crippen LogP contribution is -2.72. The highest BCUT2D eigenvalue weighted by Gasteiger charge is 2.74.